The van der Waals surface area contributed by atoms with Gasteiger partial charge in [0.25, 0.3) is 0 Å². The molecule has 1 unspecified atom stereocenters. The van der Waals surface area contributed by atoms with Crippen molar-refractivity contribution in [1.29, 1.82) is 0 Å². The van der Waals surface area contributed by atoms with Gasteiger partial charge < -0.3 is 10.6 Å². The molecule has 0 saturated heterocycles. The van der Waals surface area contributed by atoms with E-state index in [4.69, 9.17) is 4.52 Å². The van der Waals surface area contributed by atoms with Crippen LogP contribution < -0.4 is 15.9 Å². The molecule has 29 heavy (non-hydrogen) atoms. The van der Waals surface area contributed by atoms with E-state index in [0.29, 0.717) is 16.6 Å². The predicted octanol–water partition coefficient (Wildman–Crippen LogP) is 6.14. The van der Waals surface area contributed by atoms with Crippen LogP contribution >= 0.6 is 24.0 Å². The summed E-state index contributed by atoms with van der Waals surface area (Å²) >= 11 is 3.14. The van der Waals surface area contributed by atoms with Crippen LogP contribution in [0.2, 0.25) is 0 Å². The van der Waals surface area contributed by atoms with Gasteiger partial charge in [0.05, 0.1) is 23.9 Å². The molecule has 0 heterocycles. The maximum absolute atomic E-state index is 12.9. The Morgan fingerprint density at radius 2 is 1.52 bits per heavy atom. The number of carbonyl (C=O) groups is 1. The number of hydrogen-bond donors (Lipinski definition) is 2. The highest BCUT2D eigenvalue weighted by Crippen LogP contribution is 2.37. The second-order valence-electron chi connectivity index (χ2n) is 5.47. The average molecular weight is 504 g/mol. The summed E-state index contributed by atoms with van der Waals surface area (Å²) in [7, 11) is -1.20. The second kappa shape index (κ2) is 8.68. The van der Waals surface area contributed by atoms with E-state index in [1.54, 1.807) is 0 Å². The molecule has 1 atom stereocenters. The number of alkyl halides is 6. The molecule has 2 aromatic rings. The molecule has 2 amide bonds. The standard InChI is InChI=1S/C16H10BrF6N2O3P/c1-28-29(27)13-7-10(17)2-3-12(13)25-14(26)24-11-5-8(15(18,19)20)4-9(6-11)16(21,22)23/h2-7H,1H3,(H-,24,25,26,27)/p+1. The van der Waals surface area contributed by atoms with E-state index < -0.39 is 43.2 Å². The predicted molar refractivity (Wildman–Crippen MR) is 97.5 cm³/mol. The summed E-state index contributed by atoms with van der Waals surface area (Å²) in [6.07, 6.45) is -10.1. The maximum Gasteiger partial charge on any atom is 0.550 e. The topological polar surface area (TPSA) is 67.4 Å². The van der Waals surface area contributed by atoms with E-state index in [1.807, 2.05) is 5.32 Å². The fourth-order valence-electron chi connectivity index (χ4n) is 2.17. The number of halogens is 7. The molecule has 2 rings (SSSR count). The van der Waals surface area contributed by atoms with Crippen molar-refractivity contribution in [2.24, 2.45) is 0 Å². The van der Waals surface area contributed by atoms with Crippen LogP contribution in [0.15, 0.2) is 40.9 Å². The SMILES string of the molecule is CO[P+](=O)c1cc(Br)ccc1NC(=O)Nc1cc(C(F)(F)F)cc(C(F)(F)F)c1. The van der Waals surface area contributed by atoms with E-state index in [-0.39, 0.29) is 17.1 Å². The molecule has 2 N–H and O–H groups in total. The highest BCUT2D eigenvalue weighted by atomic mass is 79.9. The van der Waals surface area contributed by atoms with Crippen LogP contribution in [0, 0.1) is 0 Å². The van der Waals surface area contributed by atoms with Gasteiger partial charge in [-0.25, -0.2) is 4.79 Å². The Morgan fingerprint density at radius 1 is 0.966 bits per heavy atom. The first-order valence-electron chi connectivity index (χ1n) is 7.49. The van der Waals surface area contributed by atoms with Gasteiger partial charge in [0.2, 0.25) is 5.30 Å². The number of nitrogens with one attached hydrogen (secondary N) is 2. The van der Waals surface area contributed by atoms with E-state index in [9.17, 15) is 35.7 Å². The zero-order valence-corrected chi connectivity index (χ0v) is 16.8. The summed E-state index contributed by atoms with van der Waals surface area (Å²) in [4.78, 5) is 12.1. The van der Waals surface area contributed by atoms with E-state index in [2.05, 4.69) is 21.2 Å². The van der Waals surface area contributed by atoms with Crippen molar-refractivity contribution >= 4 is 46.7 Å². The number of rotatable bonds is 4. The highest BCUT2D eigenvalue weighted by Gasteiger charge is 2.37. The zero-order valence-electron chi connectivity index (χ0n) is 14.3. The van der Waals surface area contributed by atoms with Gasteiger partial charge in [-0.1, -0.05) is 15.9 Å². The normalized spacial score (nSPS) is 12.5. The minimum absolute atomic E-state index is 0.00307. The van der Waals surface area contributed by atoms with Crippen molar-refractivity contribution in [2.75, 3.05) is 17.7 Å². The lowest BCUT2D eigenvalue weighted by atomic mass is 10.1. The van der Waals surface area contributed by atoms with Gasteiger partial charge in [-0.05, 0) is 34.9 Å². The lowest BCUT2D eigenvalue weighted by Crippen LogP contribution is -2.23. The molecule has 0 radical (unpaired) electrons. The van der Waals surface area contributed by atoms with E-state index >= 15 is 0 Å². The van der Waals surface area contributed by atoms with Crippen molar-refractivity contribution in [1.82, 2.24) is 0 Å². The molecular formula is C16H11BrF6N2O3P+. The third-order valence-electron chi connectivity index (χ3n) is 3.42. The van der Waals surface area contributed by atoms with Crippen LogP contribution in [0.5, 0.6) is 0 Å². The zero-order chi connectivity index (χ0) is 22.0. The molecule has 0 spiro atoms. The Labute approximate surface area is 169 Å². The third kappa shape index (κ3) is 6.15. The smallest absolute Gasteiger partial charge is 0.308 e. The summed E-state index contributed by atoms with van der Waals surface area (Å²) in [5.41, 5.74) is -3.88. The first-order valence-corrected chi connectivity index (χ1v) is 9.46. The van der Waals surface area contributed by atoms with Gasteiger partial charge in [0, 0.05) is 16.2 Å². The molecular weight excluding hydrogens is 493 g/mol. The summed E-state index contributed by atoms with van der Waals surface area (Å²) in [5.74, 6) is 0. The van der Waals surface area contributed by atoms with Crippen molar-refractivity contribution in [3.63, 3.8) is 0 Å². The Kier molecular flexibility index (Phi) is 6.92. The fourth-order valence-corrected chi connectivity index (χ4v) is 3.48. The second-order valence-corrected chi connectivity index (χ2v) is 7.75. The van der Waals surface area contributed by atoms with Gasteiger partial charge in [0.1, 0.15) is 0 Å². The molecule has 5 nitrogen and oxygen atoms in total. The quantitative estimate of drug-likeness (QED) is 0.388. The summed E-state index contributed by atoms with van der Waals surface area (Å²) in [6.45, 7) is 0. The molecule has 0 aliphatic rings. The summed E-state index contributed by atoms with van der Waals surface area (Å²) in [5, 5.41) is 4.20. The van der Waals surface area contributed by atoms with E-state index in [1.165, 1.54) is 18.2 Å². The van der Waals surface area contributed by atoms with Crippen LogP contribution in [0.25, 0.3) is 0 Å². The van der Waals surface area contributed by atoms with Gasteiger partial charge in [-0.2, -0.15) is 26.3 Å². The number of amides is 2. The Balaban J connectivity index is 2.33. The first kappa shape index (κ1) is 23.1. The van der Waals surface area contributed by atoms with E-state index in [0.717, 1.165) is 7.11 Å². The number of urea groups is 1. The minimum atomic E-state index is -5.05. The number of hydrogen-bond acceptors (Lipinski definition) is 3. The monoisotopic (exact) mass is 503 g/mol. The molecule has 0 aliphatic carbocycles. The lowest BCUT2D eigenvalue weighted by Gasteiger charge is -2.15. The third-order valence-corrected chi connectivity index (χ3v) is 5.00. The van der Waals surface area contributed by atoms with Gasteiger partial charge >= 0.3 is 26.4 Å². The molecule has 156 valence electrons. The summed E-state index contributed by atoms with van der Waals surface area (Å²) < 4.78 is 94.5. The summed E-state index contributed by atoms with van der Waals surface area (Å²) in [6, 6.07) is 3.73. The molecule has 0 fully saturated rings. The minimum Gasteiger partial charge on any atom is -0.308 e. The molecule has 0 aliphatic heterocycles. The molecule has 13 heteroatoms. The number of carbonyl (C=O) groups excluding carboxylic acids is 1. The fraction of sp³-hybridized carbons (Fsp3) is 0.188. The van der Waals surface area contributed by atoms with Crippen molar-refractivity contribution in [3.8, 4) is 0 Å². The highest BCUT2D eigenvalue weighted by molar-refractivity contribution is 9.10. The lowest BCUT2D eigenvalue weighted by molar-refractivity contribution is -0.143. The van der Waals surface area contributed by atoms with Crippen LogP contribution in [-0.4, -0.2) is 13.1 Å². The maximum atomic E-state index is 12.9. The van der Waals surface area contributed by atoms with Crippen LogP contribution in [0.3, 0.4) is 0 Å². The van der Waals surface area contributed by atoms with Crippen molar-refractivity contribution < 1.29 is 40.2 Å². The van der Waals surface area contributed by atoms with Gasteiger partial charge in [-0.3, -0.25) is 0 Å². The van der Waals surface area contributed by atoms with Crippen LogP contribution in [-0.2, 0) is 21.4 Å². The molecule has 2 aromatic carbocycles. The Bertz CT molecular complexity index is 917. The largest absolute Gasteiger partial charge is 0.550 e. The first-order chi connectivity index (χ1) is 13.3. The van der Waals surface area contributed by atoms with Gasteiger partial charge in [-0.15, -0.1) is 4.52 Å². The average Bonchev–Trinajstić information content (AvgIpc) is 2.60. The number of benzene rings is 2. The Hall–Kier alpha value is -2.17. The van der Waals surface area contributed by atoms with Crippen molar-refractivity contribution in [2.45, 2.75) is 12.4 Å². The molecule has 0 aromatic heterocycles. The molecule has 0 saturated carbocycles. The molecule has 0 bridgehead atoms. The van der Waals surface area contributed by atoms with Crippen LogP contribution in [0.1, 0.15) is 11.1 Å². The number of anilines is 2. The van der Waals surface area contributed by atoms with Crippen LogP contribution in [0.4, 0.5) is 42.5 Å². The Morgan fingerprint density at radius 3 is 2.00 bits per heavy atom. The van der Waals surface area contributed by atoms with Crippen molar-refractivity contribution in [3.05, 3.63) is 52.0 Å². The van der Waals surface area contributed by atoms with Gasteiger partial charge in [0.15, 0.2) is 0 Å².